The van der Waals surface area contributed by atoms with Crippen LogP contribution in [0.25, 0.3) is 10.9 Å². The molecule has 0 spiro atoms. The number of rotatable bonds is 5. The van der Waals surface area contributed by atoms with Crippen molar-refractivity contribution in [2.75, 3.05) is 7.11 Å². The van der Waals surface area contributed by atoms with E-state index in [1.807, 2.05) is 24.4 Å². The highest BCUT2D eigenvalue weighted by Crippen LogP contribution is 2.24. The number of benzene rings is 1. The van der Waals surface area contributed by atoms with Crippen molar-refractivity contribution in [2.24, 2.45) is 0 Å². The Labute approximate surface area is 107 Å². The molecule has 0 amide bonds. The molecule has 18 heavy (non-hydrogen) atoms. The zero-order valence-electron chi connectivity index (χ0n) is 11.0. The van der Waals surface area contributed by atoms with E-state index in [9.17, 15) is 4.79 Å². The number of esters is 1. The van der Waals surface area contributed by atoms with Crippen molar-refractivity contribution >= 4 is 16.9 Å². The predicted molar refractivity (Wildman–Crippen MR) is 72.9 cm³/mol. The van der Waals surface area contributed by atoms with Crippen LogP contribution in [0.4, 0.5) is 0 Å². The molecule has 0 aliphatic carbocycles. The van der Waals surface area contributed by atoms with E-state index in [4.69, 9.17) is 4.74 Å². The zero-order chi connectivity index (χ0) is 13.0. The van der Waals surface area contributed by atoms with Crippen LogP contribution >= 0.6 is 0 Å². The Morgan fingerprint density at radius 1 is 1.33 bits per heavy atom. The van der Waals surface area contributed by atoms with Crippen molar-refractivity contribution in [3.05, 3.63) is 35.5 Å². The fourth-order valence-electron chi connectivity index (χ4n) is 2.30. The van der Waals surface area contributed by atoms with Crippen LogP contribution in [-0.4, -0.2) is 18.1 Å². The molecule has 0 radical (unpaired) electrons. The molecule has 1 aromatic heterocycles. The lowest BCUT2D eigenvalue weighted by atomic mass is 10.0. The highest BCUT2D eigenvalue weighted by Gasteiger charge is 2.14. The number of aryl methyl sites for hydroxylation is 1. The number of carbonyl (C=O) groups is 1. The molecule has 0 unspecified atom stereocenters. The van der Waals surface area contributed by atoms with Crippen molar-refractivity contribution < 1.29 is 9.53 Å². The molecule has 0 fully saturated rings. The highest BCUT2D eigenvalue weighted by molar-refractivity contribution is 6.05. The van der Waals surface area contributed by atoms with Gasteiger partial charge in [-0.05, 0) is 30.5 Å². The summed E-state index contributed by atoms with van der Waals surface area (Å²) in [6.45, 7) is 2.19. The van der Waals surface area contributed by atoms with E-state index < -0.39 is 0 Å². The van der Waals surface area contributed by atoms with Crippen molar-refractivity contribution in [3.63, 3.8) is 0 Å². The summed E-state index contributed by atoms with van der Waals surface area (Å²) in [5.74, 6) is -0.267. The normalized spacial score (nSPS) is 10.8. The van der Waals surface area contributed by atoms with Gasteiger partial charge in [0.1, 0.15) is 0 Å². The minimum absolute atomic E-state index is 0.267. The summed E-state index contributed by atoms with van der Waals surface area (Å²) in [6.07, 6.45) is 6.58. The number of ether oxygens (including phenoxy) is 1. The number of fused-ring (bicyclic) bond motifs is 1. The Kier molecular flexibility index (Phi) is 4.03. The second kappa shape index (κ2) is 5.71. The Morgan fingerprint density at radius 2 is 2.17 bits per heavy atom. The minimum Gasteiger partial charge on any atom is -0.465 e. The average molecular weight is 245 g/mol. The number of H-pyrrole nitrogens is 1. The highest BCUT2D eigenvalue weighted by atomic mass is 16.5. The van der Waals surface area contributed by atoms with Crippen LogP contribution in [0.3, 0.4) is 0 Å². The summed E-state index contributed by atoms with van der Waals surface area (Å²) in [4.78, 5) is 15.0. The third-order valence-corrected chi connectivity index (χ3v) is 3.24. The van der Waals surface area contributed by atoms with Gasteiger partial charge in [-0.1, -0.05) is 25.8 Å². The Hall–Kier alpha value is -1.77. The van der Waals surface area contributed by atoms with Gasteiger partial charge in [-0.15, -0.1) is 0 Å². The number of hydrogen-bond acceptors (Lipinski definition) is 2. The molecule has 0 atom stereocenters. The van der Waals surface area contributed by atoms with Gasteiger partial charge in [0.2, 0.25) is 0 Å². The topological polar surface area (TPSA) is 42.1 Å². The first-order chi connectivity index (χ1) is 8.77. The number of carbonyl (C=O) groups excluding carboxylic acids is 1. The third-order valence-electron chi connectivity index (χ3n) is 3.24. The number of aromatic nitrogens is 1. The van der Waals surface area contributed by atoms with Crippen molar-refractivity contribution in [1.82, 2.24) is 4.98 Å². The first kappa shape index (κ1) is 12.7. The maximum atomic E-state index is 11.8. The van der Waals surface area contributed by atoms with Gasteiger partial charge in [-0.2, -0.15) is 0 Å². The van der Waals surface area contributed by atoms with Gasteiger partial charge in [0.15, 0.2) is 0 Å². The predicted octanol–water partition coefficient (Wildman–Crippen LogP) is 3.69. The largest absolute Gasteiger partial charge is 0.465 e. The van der Waals surface area contributed by atoms with Gasteiger partial charge in [0, 0.05) is 17.1 Å². The van der Waals surface area contributed by atoms with Crippen LogP contribution < -0.4 is 0 Å². The number of unbranched alkanes of at least 4 members (excludes halogenated alkanes) is 2. The van der Waals surface area contributed by atoms with Crippen LogP contribution in [0.1, 0.15) is 42.1 Å². The van der Waals surface area contributed by atoms with Crippen LogP contribution in [0.15, 0.2) is 24.4 Å². The Morgan fingerprint density at radius 3 is 2.89 bits per heavy atom. The summed E-state index contributed by atoms with van der Waals surface area (Å²) in [5, 5.41) is 1.01. The van der Waals surface area contributed by atoms with Gasteiger partial charge in [0.05, 0.1) is 12.7 Å². The second-order valence-corrected chi connectivity index (χ2v) is 4.49. The molecule has 0 aliphatic rings. The Balaban J connectivity index is 2.39. The molecule has 1 heterocycles. The molecule has 0 bridgehead atoms. The first-order valence-electron chi connectivity index (χ1n) is 6.45. The van der Waals surface area contributed by atoms with Gasteiger partial charge in [0.25, 0.3) is 0 Å². The first-order valence-corrected chi connectivity index (χ1v) is 6.45. The van der Waals surface area contributed by atoms with E-state index in [2.05, 4.69) is 11.9 Å². The van der Waals surface area contributed by atoms with Crippen molar-refractivity contribution in [2.45, 2.75) is 32.6 Å². The van der Waals surface area contributed by atoms with E-state index >= 15 is 0 Å². The molecule has 0 saturated carbocycles. The smallest absolute Gasteiger partial charge is 0.338 e. The van der Waals surface area contributed by atoms with Crippen LogP contribution in [-0.2, 0) is 11.2 Å². The molecule has 3 nitrogen and oxygen atoms in total. The zero-order valence-corrected chi connectivity index (χ0v) is 11.0. The van der Waals surface area contributed by atoms with Gasteiger partial charge >= 0.3 is 5.97 Å². The third kappa shape index (κ3) is 2.40. The maximum Gasteiger partial charge on any atom is 0.338 e. The van der Waals surface area contributed by atoms with Gasteiger partial charge < -0.3 is 9.72 Å². The molecule has 1 aromatic carbocycles. The van der Waals surface area contributed by atoms with Gasteiger partial charge in [-0.3, -0.25) is 0 Å². The van der Waals surface area contributed by atoms with Crippen molar-refractivity contribution in [1.29, 1.82) is 0 Å². The number of nitrogens with one attached hydrogen (secondary N) is 1. The molecule has 2 rings (SSSR count). The standard InChI is InChI=1S/C15H19NO2/c1-3-4-5-7-11-10-16-13-9-6-8-12(14(11)13)15(17)18-2/h6,8-10,16H,3-5,7H2,1-2H3. The maximum absolute atomic E-state index is 11.8. The number of hydrogen-bond donors (Lipinski definition) is 1. The lowest BCUT2D eigenvalue weighted by Crippen LogP contribution is -2.02. The lowest BCUT2D eigenvalue weighted by molar-refractivity contribution is 0.0603. The summed E-state index contributed by atoms with van der Waals surface area (Å²) >= 11 is 0. The molecule has 1 N–H and O–H groups in total. The molecule has 96 valence electrons. The fraction of sp³-hybridized carbons (Fsp3) is 0.400. The van der Waals surface area contributed by atoms with Crippen LogP contribution in [0.5, 0.6) is 0 Å². The van der Waals surface area contributed by atoms with Gasteiger partial charge in [-0.25, -0.2) is 4.79 Å². The summed E-state index contributed by atoms with van der Waals surface area (Å²) in [6, 6.07) is 5.69. The molecule has 0 aliphatic heterocycles. The molecular weight excluding hydrogens is 226 g/mol. The van der Waals surface area contributed by atoms with Crippen LogP contribution in [0, 0.1) is 0 Å². The van der Waals surface area contributed by atoms with E-state index in [0.717, 1.165) is 23.7 Å². The van der Waals surface area contributed by atoms with E-state index in [0.29, 0.717) is 5.56 Å². The summed E-state index contributed by atoms with van der Waals surface area (Å²) in [5.41, 5.74) is 2.87. The molecule has 0 saturated heterocycles. The summed E-state index contributed by atoms with van der Waals surface area (Å²) in [7, 11) is 1.42. The van der Waals surface area contributed by atoms with E-state index in [1.165, 1.54) is 25.5 Å². The fourth-order valence-corrected chi connectivity index (χ4v) is 2.30. The Bertz CT molecular complexity index is 542. The average Bonchev–Trinajstić information content (AvgIpc) is 2.81. The minimum atomic E-state index is -0.267. The molecule has 3 heteroatoms. The van der Waals surface area contributed by atoms with Crippen LogP contribution in [0.2, 0.25) is 0 Å². The number of methoxy groups -OCH3 is 1. The quantitative estimate of drug-likeness (QED) is 0.645. The summed E-state index contributed by atoms with van der Waals surface area (Å²) < 4.78 is 4.84. The monoisotopic (exact) mass is 245 g/mol. The van der Waals surface area contributed by atoms with E-state index in [1.54, 1.807) is 0 Å². The SMILES string of the molecule is CCCCCc1c[nH]c2cccc(C(=O)OC)c12. The number of aromatic amines is 1. The molecular formula is C15H19NO2. The lowest BCUT2D eigenvalue weighted by Gasteiger charge is -2.04. The van der Waals surface area contributed by atoms with E-state index in [-0.39, 0.29) is 5.97 Å². The molecule has 2 aromatic rings. The van der Waals surface area contributed by atoms with Crippen molar-refractivity contribution in [3.8, 4) is 0 Å². The second-order valence-electron chi connectivity index (χ2n) is 4.49.